The number of nitrogens with zero attached hydrogens (tertiary/aromatic N) is 4. The Morgan fingerprint density at radius 3 is 1.77 bits per heavy atom. The molecule has 0 saturated carbocycles. The molecule has 1 unspecified atom stereocenters. The Bertz CT molecular complexity index is 1820. The Kier molecular flexibility index (Phi) is 5.59. The van der Waals surface area contributed by atoms with E-state index in [-0.39, 0.29) is 5.92 Å². The second kappa shape index (κ2) is 9.41. The van der Waals surface area contributed by atoms with Crippen molar-refractivity contribution in [1.82, 2.24) is 15.0 Å². The molecular weight excluding hydrogens is 476 g/mol. The molecule has 0 aliphatic carbocycles. The lowest BCUT2D eigenvalue weighted by atomic mass is 9.90. The first-order valence-electron chi connectivity index (χ1n) is 13.2. The third-order valence-corrected chi connectivity index (χ3v) is 7.51. The van der Waals surface area contributed by atoms with E-state index in [1.54, 1.807) is 0 Å². The fourth-order valence-electron chi connectivity index (χ4n) is 5.39. The van der Waals surface area contributed by atoms with Gasteiger partial charge in [-0.25, -0.2) is 15.0 Å². The average Bonchev–Trinajstić information content (AvgIpc) is 3.34. The van der Waals surface area contributed by atoms with Gasteiger partial charge in [-0.3, -0.25) is 4.99 Å². The second-order valence-electron chi connectivity index (χ2n) is 10.0. The maximum absolute atomic E-state index is 5.22. The molecule has 5 aromatic carbocycles. The average molecular weight is 503 g/mol. The molecule has 0 spiro atoms. The van der Waals surface area contributed by atoms with Crippen molar-refractivity contribution in [3.05, 3.63) is 132 Å². The van der Waals surface area contributed by atoms with Gasteiger partial charge in [0.2, 0.25) is 0 Å². The Balaban J connectivity index is 1.41. The molecule has 1 aliphatic heterocycles. The van der Waals surface area contributed by atoms with Crippen LogP contribution in [0.2, 0.25) is 0 Å². The highest BCUT2D eigenvalue weighted by Crippen LogP contribution is 2.43. The standard InChI is InChI=1S/C35H26N4/c1-22-11-9-10-16-28(22)31-23(2)29-20-19-24-17-18-27(21-30(24)32(29)36-31)35-38-33(25-12-5-3-6-13-25)37-34(39-35)26-14-7-4-8-15-26/h3-21,23H,1-2H3. The summed E-state index contributed by atoms with van der Waals surface area (Å²) in [5.41, 5.74) is 8.74. The second-order valence-corrected chi connectivity index (χ2v) is 10.0. The molecule has 0 radical (unpaired) electrons. The molecule has 1 aliphatic rings. The van der Waals surface area contributed by atoms with Gasteiger partial charge in [0.25, 0.3) is 0 Å². The van der Waals surface area contributed by atoms with Crippen molar-refractivity contribution >= 4 is 22.2 Å². The van der Waals surface area contributed by atoms with E-state index in [4.69, 9.17) is 19.9 Å². The van der Waals surface area contributed by atoms with E-state index >= 15 is 0 Å². The number of hydrogen-bond donors (Lipinski definition) is 0. The number of hydrogen-bond acceptors (Lipinski definition) is 4. The van der Waals surface area contributed by atoms with Gasteiger partial charge in [0.15, 0.2) is 17.5 Å². The summed E-state index contributed by atoms with van der Waals surface area (Å²) >= 11 is 0. The molecule has 1 aromatic heterocycles. The van der Waals surface area contributed by atoms with Crippen molar-refractivity contribution < 1.29 is 0 Å². The summed E-state index contributed by atoms with van der Waals surface area (Å²) in [6.45, 7) is 4.40. The third-order valence-electron chi connectivity index (χ3n) is 7.51. The summed E-state index contributed by atoms with van der Waals surface area (Å²) in [7, 11) is 0. The van der Waals surface area contributed by atoms with Gasteiger partial charge in [-0.05, 0) is 35.1 Å². The fourth-order valence-corrected chi connectivity index (χ4v) is 5.39. The number of rotatable bonds is 4. The maximum atomic E-state index is 5.22. The van der Waals surface area contributed by atoms with Crippen LogP contribution in [0, 0.1) is 6.92 Å². The zero-order valence-corrected chi connectivity index (χ0v) is 21.8. The number of aliphatic imine (C=N–C) groups is 1. The zero-order chi connectivity index (χ0) is 26.3. The van der Waals surface area contributed by atoms with Crippen LogP contribution in [0.4, 0.5) is 5.69 Å². The monoisotopic (exact) mass is 502 g/mol. The minimum Gasteiger partial charge on any atom is -0.251 e. The SMILES string of the molecule is Cc1ccccc1C1=Nc2c(ccc3ccc(-c4nc(-c5ccccc5)nc(-c5ccccc5)n4)cc23)C1C. The predicted octanol–water partition coefficient (Wildman–Crippen LogP) is 8.57. The van der Waals surface area contributed by atoms with E-state index in [2.05, 4.69) is 68.4 Å². The highest BCUT2D eigenvalue weighted by molar-refractivity contribution is 6.14. The lowest BCUT2D eigenvalue weighted by molar-refractivity contribution is 1.05. The largest absolute Gasteiger partial charge is 0.251 e. The van der Waals surface area contributed by atoms with Crippen LogP contribution in [-0.4, -0.2) is 20.7 Å². The van der Waals surface area contributed by atoms with E-state index in [0.717, 1.165) is 38.9 Å². The van der Waals surface area contributed by atoms with E-state index < -0.39 is 0 Å². The van der Waals surface area contributed by atoms with Crippen molar-refractivity contribution in [3.63, 3.8) is 0 Å². The first kappa shape index (κ1) is 23.2. The molecule has 186 valence electrons. The maximum Gasteiger partial charge on any atom is 0.164 e. The predicted molar refractivity (Wildman–Crippen MR) is 159 cm³/mol. The van der Waals surface area contributed by atoms with E-state index in [9.17, 15) is 0 Å². The Morgan fingerprint density at radius 1 is 0.564 bits per heavy atom. The van der Waals surface area contributed by atoms with Crippen LogP contribution >= 0.6 is 0 Å². The van der Waals surface area contributed by atoms with Crippen molar-refractivity contribution in [2.75, 3.05) is 0 Å². The molecule has 7 rings (SSSR count). The molecule has 0 saturated heterocycles. The molecule has 0 N–H and O–H groups in total. The van der Waals surface area contributed by atoms with Crippen molar-refractivity contribution in [2.24, 2.45) is 4.99 Å². The van der Waals surface area contributed by atoms with Gasteiger partial charge >= 0.3 is 0 Å². The topological polar surface area (TPSA) is 51.0 Å². The lowest BCUT2D eigenvalue weighted by Gasteiger charge is -2.12. The number of fused-ring (bicyclic) bond motifs is 3. The minimum absolute atomic E-state index is 0.223. The fraction of sp³-hybridized carbons (Fsp3) is 0.0857. The zero-order valence-electron chi connectivity index (χ0n) is 21.8. The number of aryl methyl sites for hydroxylation is 1. The van der Waals surface area contributed by atoms with Crippen molar-refractivity contribution in [2.45, 2.75) is 19.8 Å². The minimum atomic E-state index is 0.223. The quantitative estimate of drug-likeness (QED) is 0.243. The van der Waals surface area contributed by atoms with Crippen LogP contribution in [0.3, 0.4) is 0 Å². The van der Waals surface area contributed by atoms with Gasteiger partial charge in [-0.2, -0.15) is 0 Å². The Labute approximate surface area is 227 Å². The summed E-state index contributed by atoms with van der Waals surface area (Å²) in [5, 5.41) is 2.27. The van der Waals surface area contributed by atoms with E-state index in [0.29, 0.717) is 17.5 Å². The van der Waals surface area contributed by atoms with Gasteiger partial charge in [0.05, 0.1) is 11.4 Å². The Hall–Kier alpha value is -4.96. The summed E-state index contributed by atoms with van der Waals surface area (Å²) in [4.78, 5) is 19.9. The Morgan fingerprint density at radius 2 is 1.13 bits per heavy atom. The molecular formula is C35H26N4. The van der Waals surface area contributed by atoms with E-state index in [1.165, 1.54) is 16.7 Å². The van der Waals surface area contributed by atoms with Crippen LogP contribution < -0.4 is 0 Å². The van der Waals surface area contributed by atoms with Crippen LogP contribution in [0.15, 0.2) is 120 Å². The number of benzene rings is 5. The van der Waals surface area contributed by atoms with Crippen LogP contribution in [0.1, 0.15) is 29.5 Å². The van der Waals surface area contributed by atoms with Crippen molar-refractivity contribution in [1.29, 1.82) is 0 Å². The molecule has 4 nitrogen and oxygen atoms in total. The summed E-state index contributed by atoms with van der Waals surface area (Å²) in [6, 6.07) is 39.5. The van der Waals surface area contributed by atoms with Crippen LogP contribution in [-0.2, 0) is 0 Å². The van der Waals surface area contributed by atoms with E-state index in [1.807, 2.05) is 60.7 Å². The van der Waals surface area contributed by atoms with Crippen LogP contribution in [0.25, 0.3) is 44.9 Å². The summed E-state index contributed by atoms with van der Waals surface area (Å²) < 4.78 is 0. The molecule has 6 aromatic rings. The molecule has 39 heavy (non-hydrogen) atoms. The third kappa shape index (κ3) is 4.11. The van der Waals surface area contributed by atoms with Gasteiger partial charge in [0.1, 0.15) is 0 Å². The molecule has 0 amide bonds. The van der Waals surface area contributed by atoms with Crippen molar-refractivity contribution in [3.8, 4) is 34.2 Å². The highest BCUT2D eigenvalue weighted by Gasteiger charge is 2.27. The lowest BCUT2D eigenvalue weighted by Crippen LogP contribution is -2.07. The smallest absolute Gasteiger partial charge is 0.164 e. The van der Waals surface area contributed by atoms with Crippen LogP contribution in [0.5, 0.6) is 0 Å². The molecule has 2 heterocycles. The number of aromatic nitrogens is 3. The molecule has 4 heteroatoms. The normalized spacial score (nSPS) is 14.3. The first-order valence-corrected chi connectivity index (χ1v) is 13.2. The highest BCUT2D eigenvalue weighted by atomic mass is 15.0. The molecule has 0 bridgehead atoms. The first-order chi connectivity index (χ1) is 19.2. The summed E-state index contributed by atoms with van der Waals surface area (Å²) in [6.07, 6.45) is 0. The van der Waals surface area contributed by atoms with Gasteiger partial charge in [-0.1, -0.05) is 116 Å². The molecule has 0 fully saturated rings. The van der Waals surface area contributed by atoms with Gasteiger partial charge < -0.3 is 0 Å². The molecule has 1 atom stereocenters. The van der Waals surface area contributed by atoms with Gasteiger partial charge in [-0.15, -0.1) is 0 Å². The summed E-state index contributed by atoms with van der Waals surface area (Å²) in [5.74, 6) is 2.19. The van der Waals surface area contributed by atoms with Gasteiger partial charge in [0, 0.05) is 28.0 Å².